The maximum Gasteiger partial charge on any atom is 0.0945 e. The van der Waals surface area contributed by atoms with Crippen LogP contribution in [0.15, 0.2) is 12.2 Å². The van der Waals surface area contributed by atoms with E-state index in [1.54, 1.807) is 0 Å². The van der Waals surface area contributed by atoms with Crippen LogP contribution in [0.3, 0.4) is 0 Å². The van der Waals surface area contributed by atoms with Gasteiger partial charge in [-0.3, -0.25) is 0 Å². The maximum absolute atomic E-state index is 10.5. The summed E-state index contributed by atoms with van der Waals surface area (Å²) >= 11 is 0. The third-order valence-electron chi connectivity index (χ3n) is 7.40. The third kappa shape index (κ3) is 2.19. The van der Waals surface area contributed by atoms with Gasteiger partial charge < -0.3 is 14.6 Å². The Morgan fingerprint density at radius 2 is 1.96 bits per heavy atom. The van der Waals surface area contributed by atoms with Gasteiger partial charge >= 0.3 is 0 Å². The maximum atomic E-state index is 10.5. The first-order valence-electron chi connectivity index (χ1n) is 9.46. The topological polar surface area (TPSA) is 38.7 Å². The second-order valence-corrected chi connectivity index (χ2v) is 9.29. The Labute approximate surface area is 140 Å². The van der Waals surface area contributed by atoms with Crippen LogP contribution >= 0.6 is 0 Å². The molecule has 4 fully saturated rings. The third-order valence-corrected chi connectivity index (χ3v) is 7.40. The monoisotopic (exact) mass is 320 g/mol. The molecule has 3 heteroatoms. The standard InChI is InChI=1S/C20H32O3/c1-11(2)13-7-6-12(3)16-14-10-20(5)15(21)8-9-19(4,23-20)18(22-14)17(13)16/h11,13-18,21H,3,6-10H2,1-2,4-5H3/t13-,14-,15+,16+,17+,18-,19-,20+/m1/s1. The first kappa shape index (κ1) is 16.1. The zero-order chi connectivity index (χ0) is 16.6. The second-order valence-electron chi connectivity index (χ2n) is 9.29. The lowest BCUT2D eigenvalue weighted by Gasteiger charge is -2.53. The minimum Gasteiger partial charge on any atom is -0.390 e. The minimum atomic E-state index is -0.470. The highest BCUT2D eigenvalue weighted by Gasteiger charge is 2.64. The summed E-state index contributed by atoms with van der Waals surface area (Å²) in [4.78, 5) is 0. The number of rotatable bonds is 1. The Kier molecular flexibility index (Phi) is 3.54. The molecule has 23 heavy (non-hydrogen) atoms. The van der Waals surface area contributed by atoms with E-state index >= 15 is 0 Å². The molecule has 0 aromatic rings. The predicted molar refractivity (Wildman–Crippen MR) is 90.1 cm³/mol. The highest BCUT2D eigenvalue weighted by molar-refractivity contribution is 5.20. The first-order valence-corrected chi connectivity index (χ1v) is 9.46. The van der Waals surface area contributed by atoms with Gasteiger partial charge in [-0.1, -0.05) is 26.0 Å². The number of aliphatic hydroxyl groups excluding tert-OH is 1. The molecule has 0 amide bonds. The Morgan fingerprint density at radius 1 is 1.22 bits per heavy atom. The van der Waals surface area contributed by atoms with Crippen molar-refractivity contribution in [1.29, 1.82) is 0 Å². The molecule has 130 valence electrons. The highest BCUT2D eigenvalue weighted by Crippen LogP contribution is 2.59. The first-order chi connectivity index (χ1) is 10.8. The van der Waals surface area contributed by atoms with Crippen LogP contribution in [0.25, 0.3) is 0 Å². The van der Waals surface area contributed by atoms with Crippen molar-refractivity contribution < 1.29 is 14.6 Å². The molecule has 3 heterocycles. The molecule has 3 nitrogen and oxygen atoms in total. The summed E-state index contributed by atoms with van der Waals surface area (Å²) in [6.45, 7) is 13.4. The fourth-order valence-corrected chi connectivity index (χ4v) is 6.20. The summed E-state index contributed by atoms with van der Waals surface area (Å²) in [7, 11) is 0. The van der Waals surface area contributed by atoms with E-state index in [0.717, 1.165) is 25.7 Å². The minimum absolute atomic E-state index is 0.149. The van der Waals surface area contributed by atoms with Crippen molar-refractivity contribution in [1.82, 2.24) is 0 Å². The number of ether oxygens (including phenoxy) is 2. The summed E-state index contributed by atoms with van der Waals surface area (Å²) in [5.41, 5.74) is 0.635. The molecular formula is C20H32O3. The summed E-state index contributed by atoms with van der Waals surface area (Å²) in [6.07, 6.45) is 4.81. The molecule has 8 atom stereocenters. The molecule has 0 unspecified atom stereocenters. The van der Waals surface area contributed by atoms with Crippen LogP contribution in [0, 0.1) is 23.7 Å². The van der Waals surface area contributed by atoms with Crippen LogP contribution in [-0.4, -0.2) is 34.6 Å². The largest absolute Gasteiger partial charge is 0.390 e. The summed E-state index contributed by atoms with van der Waals surface area (Å²) in [5, 5.41) is 10.5. The normalized spacial score (nSPS) is 55.7. The van der Waals surface area contributed by atoms with Crippen LogP contribution < -0.4 is 0 Å². The van der Waals surface area contributed by atoms with Gasteiger partial charge in [-0.25, -0.2) is 0 Å². The van der Waals surface area contributed by atoms with Gasteiger partial charge in [0.1, 0.15) is 0 Å². The lowest BCUT2D eigenvalue weighted by Crippen LogP contribution is -2.60. The summed E-state index contributed by atoms with van der Waals surface area (Å²) < 4.78 is 13.2. The van der Waals surface area contributed by atoms with Gasteiger partial charge in [-0.15, -0.1) is 0 Å². The van der Waals surface area contributed by atoms with Gasteiger partial charge in [0, 0.05) is 12.3 Å². The van der Waals surface area contributed by atoms with Crippen molar-refractivity contribution in [3.63, 3.8) is 0 Å². The molecule has 0 aromatic carbocycles. The van der Waals surface area contributed by atoms with E-state index in [2.05, 4.69) is 34.3 Å². The predicted octanol–water partition coefficient (Wildman–Crippen LogP) is 3.70. The van der Waals surface area contributed by atoms with E-state index in [9.17, 15) is 5.11 Å². The Morgan fingerprint density at radius 3 is 2.65 bits per heavy atom. The van der Waals surface area contributed by atoms with E-state index in [4.69, 9.17) is 9.47 Å². The van der Waals surface area contributed by atoms with E-state index in [1.165, 1.54) is 12.0 Å². The van der Waals surface area contributed by atoms with Crippen molar-refractivity contribution >= 4 is 0 Å². The molecule has 4 bridgehead atoms. The molecule has 1 saturated carbocycles. The fourth-order valence-electron chi connectivity index (χ4n) is 6.20. The van der Waals surface area contributed by atoms with E-state index in [0.29, 0.717) is 23.7 Å². The number of hydrogen-bond donors (Lipinski definition) is 1. The molecule has 3 aliphatic heterocycles. The lowest BCUT2D eigenvalue weighted by atomic mass is 9.59. The molecule has 4 rings (SSSR count). The van der Waals surface area contributed by atoms with Crippen LogP contribution in [0.5, 0.6) is 0 Å². The van der Waals surface area contributed by atoms with Gasteiger partial charge in [-0.05, 0) is 57.3 Å². The molecular weight excluding hydrogens is 288 g/mol. The summed E-state index contributed by atoms with van der Waals surface area (Å²) in [6, 6.07) is 0. The van der Waals surface area contributed by atoms with Gasteiger partial charge in [-0.2, -0.15) is 0 Å². The van der Waals surface area contributed by atoms with E-state index in [1.807, 2.05) is 0 Å². The summed E-state index contributed by atoms with van der Waals surface area (Å²) in [5.74, 6) is 2.35. The van der Waals surface area contributed by atoms with Crippen molar-refractivity contribution in [2.45, 2.75) is 89.3 Å². The van der Waals surface area contributed by atoms with Crippen LogP contribution in [0.4, 0.5) is 0 Å². The molecule has 0 spiro atoms. The fraction of sp³-hybridized carbons (Fsp3) is 0.900. The molecule has 4 aliphatic rings. The van der Waals surface area contributed by atoms with Crippen LogP contribution in [-0.2, 0) is 9.47 Å². The van der Waals surface area contributed by atoms with Gasteiger partial charge in [0.15, 0.2) is 0 Å². The van der Waals surface area contributed by atoms with Gasteiger partial charge in [0.05, 0.1) is 29.5 Å². The molecule has 1 N–H and O–H groups in total. The van der Waals surface area contributed by atoms with Crippen LogP contribution in [0.2, 0.25) is 0 Å². The molecule has 1 aliphatic carbocycles. The quantitative estimate of drug-likeness (QED) is 0.749. The van der Waals surface area contributed by atoms with E-state index < -0.39 is 5.60 Å². The molecule has 3 saturated heterocycles. The van der Waals surface area contributed by atoms with Gasteiger partial charge in [0.25, 0.3) is 0 Å². The zero-order valence-electron chi connectivity index (χ0n) is 15.0. The average Bonchev–Trinajstić information content (AvgIpc) is 2.79. The molecule has 0 aromatic heterocycles. The van der Waals surface area contributed by atoms with Crippen molar-refractivity contribution in [3.05, 3.63) is 12.2 Å². The average molecular weight is 320 g/mol. The SMILES string of the molecule is C=C1CC[C@H](C(C)C)[C@H]2[C@@H]1[C@H]1C[C@]3(C)O[C@](C)(CC[C@@H]3O)[C@@H]2O1. The Hall–Kier alpha value is -0.380. The lowest BCUT2D eigenvalue weighted by molar-refractivity contribution is -0.245. The number of fused-ring (bicyclic) bond motifs is 8. The number of aliphatic hydroxyl groups is 1. The van der Waals surface area contributed by atoms with E-state index in [-0.39, 0.29) is 23.9 Å². The van der Waals surface area contributed by atoms with Crippen molar-refractivity contribution in [2.24, 2.45) is 23.7 Å². The molecule has 0 radical (unpaired) electrons. The van der Waals surface area contributed by atoms with Crippen molar-refractivity contribution in [2.75, 3.05) is 0 Å². The van der Waals surface area contributed by atoms with Gasteiger partial charge in [0.2, 0.25) is 0 Å². The Bertz CT molecular complexity index is 515. The highest BCUT2D eigenvalue weighted by atomic mass is 16.6. The van der Waals surface area contributed by atoms with Crippen molar-refractivity contribution in [3.8, 4) is 0 Å². The van der Waals surface area contributed by atoms with Crippen LogP contribution in [0.1, 0.15) is 59.8 Å². The number of hydrogen-bond acceptors (Lipinski definition) is 3. The second kappa shape index (κ2) is 5.06. The Balaban J connectivity index is 1.77. The smallest absolute Gasteiger partial charge is 0.0945 e. The zero-order valence-corrected chi connectivity index (χ0v) is 15.0.